The molecule has 0 unspecified atom stereocenters. The standard InChI is InChI=1S/C17H25N3O5S/c1-12(11-18)19-17(21)13-4-6-20(7-5-13)26(22,23)14-2-3-15-16(10-14)25-9-8-24-15/h2-3,10,12-13H,4-9,11,18H2,1H3,(H,19,21)/t12-/m0/s1. The molecule has 2 aliphatic heterocycles. The molecule has 9 heteroatoms. The molecule has 0 spiro atoms. The van der Waals surface area contributed by atoms with Crippen molar-refractivity contribution in [2.24, 2.45) is 11.7 Å². The molecule has 2 heterocycles. The minimum atomic E-state index is -3.63. The molecule has 8 nitrogen and oxygen atoms in total. The normalized spacial score (nSPS) is 19.8. The monoisotopic (exact) mass is 383 g/mol. The van der Waals surface area contributed by atoms with Gasteiger partial charge >= 0.3 is 0 Å². The van der Waals surface area contributed by atoms with E-state index in [0.717, 1.165) is 0 Å². The Morgan fingerprint density at radius 3 is 2.58 bits per heavy atom. The number of nitrogens with one attached hydrogen (secondary N) is 1. The van der Waals surface area contributed by atoms with Crippen LogP contribution in [-0.2, 0) is 14.8 Å². The Hall–Kier alpha value is -1.84. The van der Waals surface area contributed by atoms with Crippen LogP contribution in [-0.4, -0.2) is 57.5 Å². The number of rotatable bonds is 5. The summed E-state index contributed by atoms with van der Waals surface area (Å²) in [6.45, 7) is 3.70. The fraction of sp³-hybridized carbons (Fsp3) is 0.588. The summed E-state index contributed by atoms with van der Waals surface area (Å²) in [5.41, 5.74) is 5.52. The number of nitrogens with zero attached hydrogens (tertiary/aromatic N) is 1. The number of benzene rings is 1. The van der Waals surface area contributed by atoms with Crippen molar-refractivity contribution >= 4 is 15.9 Å². The van der Waals surface area contributed by atoms with Gasteiger partial charge in [0.2, 0.25) is 15.9 Å². The van der Waals surface area contributed by atoms with E-state index in [1.54, 1.807) is 6.07 Å². The molecule has 3 rings (SSSR count). The lowest BCUT2D eigenvalue weighted by molar-refractivity contribution is -0.126. The van der Waals surface area contributed by atoms with Crippen LogP contribution in [0.2, 0.25) is 0 Å². The average molecular weight is 383 g/mol. The van der Waals surface area contributed by atoms with Gasteiger partial charge in [0, 0.05) is 37.7 Å². The molecule has 2 aliphatic rings. The number of fused-ring (bicyclic) bond motifs is 1. The van der Waals surface area contributed by atoms with Crippen LogP contribution in [0.4, 0.5) is 0 Å². The smallest absolute Gasteiger partial charge is 0.243 e. The topological polar surface area (TPSA) is 111 Å². The van der Waals surface area contributed by atoms with Crippen LogP contribution in [0.15, 0.2) is 23.1 Å². The zero-order valence-electron chi connectivity index (χ0n) is 14.8. The molecule has 0 aliphatic carbocycles. The van der Waals surface area contributed by atoms with Gasteiger partial charge in [-0.2, -0.15) is 4.31 Å². The third kappa shape index (κ3) is 3.94. The second-order valence-corrected chi connectivity index (χ2v) is 8.57. The van der Waals surface area contributed by atoms with E-state index in [1.807, 2.05) is 6.92 Å². The van der Waals surface area contributed by atoms with Crippen molar-refractivity contribution in [3.63, 3.8) is 0 Å². The van der Waals surface area contributed by atoms with E-state index >= 15 is 0 Å². The highest BCUT2D eigenvalue weighted by Gasteiger charge is 2.33. The maximum absolute atomic E-state index is 12.9. The highest BCUT2D eigenvalue weighted by Crippen LogP contribution is 2.34. The van der Waals surface area contributed by atoms with Crippen molar-refractivity contribution in [2.75, 3.05) is 32.8 Å². The number of sulfonamides is 1. The fourth-order valence-electron chi connectivity index (χ4n) is 3.11. The number of hydrogen-bond donors (Lipinski definition) is 2. The number of ether oxygens (including phenoxy) is 2. The number of carbonyl (C=O) groups is 1. The Labute approximate surface area is 153 Å². The van der Waals surface area contributed by atoms with Crippen LogP contribution in [0.3, 0.4) is 0 Å². The van der Waals surface area contributed by atoms with Crippen LogP contribution in [0.25, 0.3) is 0 Å². The molecular formula is C17H25N3O5S. The largest absolute Gasteiger partial charge is 0.486 e. The highest BCUT2D eigenvalue weighted by molar-refractivity contribution is 7.89. The van der Waals surface area contributed by atoms with Crippen molar-refractivity contribution in [3.05, 3.63) is 18.2 Å². The van der Waals surface area contributed by atoms with Gasteiger partial charge in [0.25, 0.3) is 0 Å². The second kappa shape index (κ2) is 7.81. The van der Waals surface area contributed by atoms with Gasteiger partial charge in [-0.05, 0) is 31.9 Å². The summed E-state index contributed by atoms with van der Waals surface area (Å²) >= 11 is 0. The van der Waals surface area contributed by atoms with Gasteiger partial charge < -0.3 is 20.5 Å². The quantitative estimate of drug-likeness (QED) is 0.758. The van der Waals surface area contributed by atoms with Crippen molar-refractivity contribution in [2.45, 2.75) is 30.7 Å². The van der Waals surface area contributed by atoms with Gasteiger partial charge in [0.15, 0.2) is 11.5 Å². The lowest BCUT2D eigenvalue weighted by atomic mass is 9.97. The second-order valence-electron chi connectivity index (χ2n) is 6.63. The summed E-state index contributed by atoms with van der Waals surface area (Å²) in [6, 6.07) is 4.58. The molecule has 3 N–H and O–H groups in total. The van der Waals surface area contributed by atoms with E-state index in [9.17, 15) is 13.2 Å². The van der Waals surface area contributed by atoms with Gasteiger partial charge in [-0.3, -0.25) is 4.79 Å². The number of nitrogens with two attached hydrogens (primary N) is 1. The zero-order chi connectivity index (χ0) is 18.7. The van der Waals surface area contributed by atoms with Crippen molar-refractivity contribution < 1.29 is 22.7 Å². The fourth-order valence-corrected chi connectivity index (χ4v) is 4.60. The van der Waals surface area contributed by atoms with E-state index in [1.165, 1.54) is 16.4 Å². The van der Waals surface area contributed by atoms with Gasteiger partial charge in [-0.15, -0.1) is 0 Å². The summed E-state index contributed by atoms with van der Waals surface area (Å²) in [7, 11) is -3.63. The third-order valence-corrected chi connectivity index (χ3v) is 6.61. The number of hydrogen-bond acceptors (Lipinski definition) is 6. The predicted octanol–water partition coefficient (Wildman–Crippen LogP) is 0.322. The number of piperidine rings is 1. The molecule has 0 bridgehead atoms. The Kier molecular flexibility index (Phi) is 5.69. The maximum Gasteiger partial charge on any atom is 0.243 e. The minimum Gasteiger partial charge on any atom is -0.486 e. The Bertz CT molecular complexity index is 760. The molecule has 1 amide bonds. The van der Waals surface area contributed by atoms with Gasteiger partial charge in [0.1, 0.15) is 13.2 Å². The SMILES string of the molecule is C[C@@H](CN)NC(=O)C1CCN(S(=O)(=O)c2ccc3c(c2)OCCO3)CC1. The van der Waals surface area contributed by atoms with Gasteiger partial charge in [-0.1, -0.05) is 0 Å². The maximum atomic E-state index is 12.9. The molecule has 1 fully saturated rings. The minimum absolute atomic E-state index is 0.0562. The first-order valence-corrected chi connectivity index (χ1v) is 10.3. The lowest BCUT2D eigenvalue weighted by Crippen LogP contribution is -2.46. The molecule has 26 heavy (non-hydrogen) atoms. The summed E-state index contributed by atoms with van der Waals surface area (Å²) < 4.78 is 38.1. The van der Waals surface area contributed by atoms with E-state index in [-0.39, 0.29) is 22.8 Å². The average Bonchev–Trinajstić information content (AvgIpc) is 2.67. The first-order valence-electron chi connectivity index (χ1n) is 8.82. The van der Waals surface area contributed by atoms with E-state index < -0.39 is 10.0 Å². The van der Waals surface area contributed by atoms with Gasteiger partial charge in [-0.25, -0.2) is 8.42 Å². The molecule has 144 valence electrons. The molecule has 1 aromatic rings. The first-order chi connectivity index (χ1) is 12.4. The molecule has 1 saturated heterocycles. The molecule has 1 aromatic carbocycles. The van der Waals surface area contributed by atoms with Gasteiger partial charge in [0.05, 0.1) is 4.90 Å². The Morgan fingerprint density at radius 2 is 1.92 bits per heavy atom. The first kappa shape index (κ1) is 18.9. The summed E-state index contributed by atoms with van der Waals surface area (Å²) in [5, 5.41) is 2.86. The van der Waals surface area contributed by atoms with E-state index in [2.05, 4.69) is 5.32 Å². The Morgan fingerprint density at radius 1 is 1.27 bits per heavy atom. The van der Waals surface area contributed by atoms with Crippen molar-refractivity contribution in [3.8, 4) is 11.5 Å². The van der Waals surface area contributed by atoms with Crippen LogP contribution >= 0.6 is 0 Å². The summed E-state index contributed by atoms with van der Waals surface area (Å²) in [4.78, 5) is 12.4. The predicted molar refractivity (Wildman–Crippen MR) is 95.6 cm³/mol. The molecule has 1 atom stereocenters. The highest BCUT2D eigenvalue weighted by atomic mass is 32.2. The molecule has 0 aromatic heterocycles. The van der Waals surface area contributed by atoms with Crippen LogP contribution in [0.1, 0.15) is 19.8 Å². The van der Waals surface area contributed by atoms with E-state index in [4.69, 9.17) is 15.2 Å². The number of carbonyl (C=O) groups excluding carboxylic acids is 1. The van der Waals surface area contributed by atoms with Crippen LogP contribution in [0, 0.1) is 5.92 Å². The molecule has 0 saturated carbocycles. The van der Waals surface area contributed by atoms with Crippen LogP contribution < -0.4 is 20.5 Å². The number of amides is 1. The summed E-state index contributed by atoms with van der Waals surface area (Å²) in [6.07, 6.45) is 0.986. The lowest BCUT2D eigenvalue weighted by Gasteiger charge is -2.31. The van der Waals surface area contributed by atoms with Crippen LogP contribution in [0.5, 0.6) is 11.5 Å². The third-order valence-electron chi connectivity index (χ3n) is 4.72. The van der Waals surface area contributed by atoms with E-state index in [0.29, 0.717) is 57.2 Å². The van der Waals surface area contributed by atoms with Crippen molar-refractivity contribution in [1.29, 1.82) is 0 Å². The summed E-state index contributed by atoms with van der Waals surface area (Å²) in [5.74, 6) is 0.761. The zero-order valence-corrected chi connectivity index (χ0v) is 15.6. The molecule has 0 radical (unpaired) electrons. The Balaban J connectivity index is 1.66. The molecular weight excluding hydrogens is 358 g/mol. The van der Waals surface area contributed by atoms with Crippen molar-refractivity contribution in [1.82, 2.24) is 9.62 Å².